The minimum atomic E-state index is -0.0752. The van der Waals surface area contributed by atoms with Gasteiger partial charge >= 0.3 is 0 Å². The van der Waals surface area contributed by atoms with Crippen LogP contribution in [-0.2, 0) is 0 Å². The number of unbranched alkanes of at least 4 members (excludes halogenated alkanes) is 3. The number of allylic oxidation sites excluding steroid dienone is 1. The number of rotatable bonds is 9. The highest BCUT2D eigenvalue weighted by Crippen LogP contribution is 2.18. The van der Waals surface area contributed by atoms with E-state index in [0.29, 0.717) is 5.92 Å². The zero-order valence-electron chi connectivity index (χ0n) is 9.84. The topological polar surface area (TPSA) is 20.2 Å². The van der Waals surface area contributed by atoms with Gasteiger partial charge in [-0.1, -0.05) is 45.6 Å². The lowest BCUT2D eigenvalue weighted by atomic mass is 9.92. The SMILES string of the molecule is C=CCCCCCC(O)C(CC)CC. The normalized spacial score (nSPS) is 13.1. The van der Waals surface area contributed by atoms with Crippen LogP contribution in [0.3, 0.4) is 0 Å². The highest BCUT2D eigenvalue weighted by Gasteiger charge is 2.14. The summed E-state index contributed by atoms with van der Waals surface area (Å²) < 4.78 is 0. The average Bonchev–Trinajstić information content (AvgIpc) is 2.19. The molecule has 1 nitrogen and oxygen atoms in total. The molecule has 0 aliphatic carbocycles. The molecule has 0 spiro atoms. The Kier molecular flexibility index (Phi) is 9.06. The van der Waals surface area contributed by atoms with Crippen LogP contribution in [0.15, 0.2) is 12.7 Å². The summed E-state index contributed by atoms with van der Waals surface area (Å²) >= 11 is 0. The Hall–Kier alpha value is -0.300. The lowest BCUT2D eigenvalue weighted by molar-refractivity contribution is 0.0915. The zero-order valence-corrected chi connectivity index (χ0v) is 9.84. The van der Waals surface area contributed by atoms with Crippen molar-refractivity contribution in [3.63, 3.8) is 0 Å². The predicted molar refractivity (Wildman–Crippen MR) is 63.4 cm³/mol. The van der Waals surface area contributed by atoms with Crippen molar-refractivity contribution in [3.8, 4) is 0 Å². The van der Waals surface area contributed by atoms with Gasteiger partial charge in [0, 0.05) is 0 Å². The fourth-order valence-corrected chi connectivity index (χ4v) is 1.89. The summed E-state index contributed by atoms with van der Waals surface area (Å²) in [7, 11) is 0. The van der Waals surface area contributed by atoms with E-state index in [2.05, 4.69) is 20.4 Å². The molecule has 0 heterocycles. The average molecular weight is 198 g/mol. The maximum atomic E-state index is 9.85. The summed E-state index contributed by atoms with van der Waals surface area (Å²) in [6.07, 6.45) is 9.79. The van der Waals surface area contributed by atoms with E-state index in [1.807, 2.05) is 6.08 Å². The Balaban J connectivity index is 3.41. The molecule has 14 heavy (non-hydrogen) atoms. The Morgan fingerprint density at radius 1 is 1.14 bits per heavy atom. The molecule has 0 radical (unpaired) electrons. The van der Waals surface area contributed by atoms with E-state index in [9.17, 15) is 5.11 Å². The molecule has 0 fully saturated rings. The maximum absolute atomic E-state index is 9.85. The van der Waals surface area contributed by atoms with Crippen LogP contribution >= 0.6 is 0 Å². The van der Waals surface area contributed by atoms with Crippen LogP contribution in [0.5, 0.6) is 0 Å². The number of hydrogen-bond donors (Lipinski definition) is 1. The Morgan fingerprint density at radius 2 is 1.79 bits per heavy atom. The summed E-state index contributed by atoms with van der Waals surface area (Å²) in [5.74, 6) is 0.509. The molecule has 0 rings (SSSR count). The van der Waals surface area contributed by atoms with E-state index in [1.54, 1.807) is 0 Å². The van der Waals surface area contributed by atoms with Gasteiger partial charge in [0.2, 0.25) is 0 Å². The second kappa shape index (κ2) is 9.26. The largest absolute Gasteiger partial charge is 0.393 e. The van der Waals surface area contributed by atoms with E-state index < -0.39 is 0 Å². The van der Waals surface area contributed by atoms with E-state index in [0.717, 1.165) is 32.1 Å². The van der Waals surface area contributed by atoms with Crippen LogP contribution < -0.4 is 0 Å². The summed E-state index contributed by atoms with van der Waals surface area (Å²) in [6, 6.07) is 0. The van der Waals surface area contributed by atoms with Crippen LogP contribution in [0, 0.1) is 5.92 Å². The smallest absolute Gasteiger partial charge is 0.0568 e. The van der Waals surface area contributed by atoms with Crippen molar-refractivity contribution in [2.24, 2.45) is 5.92 Å². The quantitative estimate of drug-likeness (QED) is 0.440. The molecule has 0 aromatic rings. The first-order chi connectivity index (χ1) is 6.76. The molecule has 1 unspecified atom stereocenters. The fraction of sp³-hybridized carbons (Fsp3) is 0.846. The zero-order chi connectivity index (χ0) is 10.8. The van der Waals surface area contributed by atoms with Crippen molar-refractivity contribution in [1.82, 2.24) is 0 Å². The van der Waals surface area contributed by atoms with E-state index in [4.69, 9.17) is 0 Å². The van der Waals surface area contributed by atoms with Crippen LogP contribution in [-0.4, -0.2) is 11.2 Å². The van der Waals surface area contributed by atoms with Crippen molar-refractivity contribution in [2.45, 2.75) is 64.9 Å². The lowest BCUT2D eigenvalue weighted by Crippen LogP contribution is -2.18. The molecule has 0 aromatic heterocycles. The van der Waals surface area contributed by atoms with Gasteiger partial charge in [-0.15, -0.1) is 6.58 Å². The number of hydrogen-bond acceptors (Lipinski definition) is 1. The van der Waals surface area contributed by atoms with Crippen LogP contribution in [0.4, 0.5) is 0 Å². The molecule has 0 saturated heterocycles. The van der Waals surface area contributed by atoms with Crippen LogP contribution in [0.1, 0.15) is 58.8 Å². The minimum Gasteiger partial charge on any atom is -0.393 e. The van der Waals surface area contributed by atoms with Crippen molar-refractivity contribution in [1.29, 1.82) is 0 Å². The minimum absolute atomic E-state index is 0.0752. The second-order valence-electron chi connectivity index (χ2n) is 4.07. The van der Waals surface area contributed by atoms with Gasteiger partial charge in [-0.25, -0.2) is 0 Å². The van der Waals surface area contributed by atoms with Crippen LogP contribution in [0.2, 0.25) is 0 Å². The molecule has 0 saturated carbocycles. The summed E-state index contributed by atoms with van der Waals surface area (Å²) in [5, 5.41) is 9.85. The monoisotopic (exact) mass is 198 g/mol. The third-order valence-corrected chi connectivity index (χ3v) is 3.00. The van der Waals surface area contributed by atoms with Crippen molar-refractivity contribution in [3.05, 3.63) is 12.7 Å². The molecular weight excluding hydrogens is 172 g/mol. The summed E-state index contributed by atoms with van der Waals surface area (Å²) in [4.78, 5) is 0. The second-order valence-corrected chi connectivity index (χ2v) is 4.07. The van der Waals surface area contributed by atoms with Gasteiger partial charge in [0.1, 0.15) is 0 Å². The van der Waals surface area contributed by atoms with Crippen molar-refractivity contribution < 1.29 is 5.11 Å². The summed E-state index contributed by atoms with van der Waals surface area (Å²) in [5.41, 5.74) is 0. The van der Waals surface area contributed by atoms with E-state index in [1.165, 1.54) is 12.8 Å². The number of aliphatic hydroxyl groups excluding tert-OH is 1. The number of aliphatic hydroxyl groups is 1. The molecule has 0 aliphatic heterocycles. The molecule has 1 atom stereocenters. The lowest BCUT2D eigenvalue weighted by Gasteiger charge is -2.19. The molecule has 0 aliphatic rings. The standard InChI is InChI=1S/C13H26O/c1-4-7-8-9-10-11-13(14)12(5-2)6-3/h4,12-14H,1,5-11H2,2-3H3. The Labute approximate surface area is 89.2 Å². The molecule has 84 valence electrons. The van der Waals surface area contributed by atoms with Gasteiger partial charge < -0.3 is 5.11 Å². The van der Waals surface area contributed by atoms with Gasteiger partial charge in [0.05, 0.1) is 6.10 Å². The molecule has 0 aromatic carbocycles. The third kappa shape index (κ3) is 6.20. The third-order valence-electron chi connectivity index (χ3n) is 3.00. The Bertz CT molecular complexity index is 127. The molecular formula is C13H26O. The predicted octanol–water partition coefficient (Wildman–Crippen LogP) is 3.92. The van der Waals surface area contributed by atoms with Crippen LogP contribution in [0.25, 0.3) is 0 Å². The maximum Gasteiger partial charge on any atom is 0.0568 e. The van der Waals surface area contributed by atoms with Crippen molar-refractivity contribution >= 4 is 0 Å². The molecule has 1 N–H and O–H groups in total. The Morgan fingerprint density at radius 3 is 2.29 bits per heavy atom. The van der Waals surface area contributed by atoms with Gasteiger partial charge in [0.15, 0.2) is 0 Å². The first-order valence-corrected chi connectivity index (χ1v) is 6.05. The molecule has 0 amide bonds. The fourth-order valence-electron chi connectivity index (χ4n) is 1.89. The van der Waals surface area contributed by atoms with Gasteiger partial charge in [0.25, 0.3) is 0 Å². The van der Waals surface area contributed by atoms with Gasteiger partial charge in [-0.05, 0) is 25.2 Å². The first kappa shape index (κ1) is 13.7. The summed E-state index contributed by atoms with van der Waals surface area (Å²) in [6.45, 7) is 8.02. The van der Waals surface area contributed by atoms with Crippen molar-refractivity contribution in [2.75, 3.05) is 0 Å². The molecule has 1 heteroatoms. The van der Waals surface area contributed by atoms with Gasteiger partial charge in [-0.3, -0.25) is 0 Å². The highest BCUT2D eigenvalue weighted by atomic mass is 16.3. The first-order valence-electron chi connectivity index (χ1n) is 6.05. The molecule has 0 bridgehead atoms. The van der Waals surface area contributed by atoms with E-state index >= 15 is 0 Å². The highest BCUT2D eigenvalue weighted by molar-refractivity contribution is 4.68. The van der Waals surface area contributed by atoms with E-state index in [-0.39, 0.29) is 6.10 Å². The van der Waals surface area contributed by atoms with Gasteiger partial charge in [-0.2, -0.15) is 0 Å².